The van der Waals surface area contributed by atoms with Gasteiger partial charge in [-0.25, -0.2) is 0 Å². The van der Waals surface area contributed by atoms with Crippen LogP contribution >= 0.6 is 0 Å². The predicted molar refractivity (Wildman–Crippen MR) is 283 cm³/mol. The third-order valence-electron chi connectivity index (χ3n) is 14.3. The van der Waals surface area contributed by atoms with Crippen LogP contribution < -0.4 is 0 Å². The van der Waals surface area contributed by atoms with Crippen LogP contribution in [0.2, 0.25) is 0 Å². The van der Waals surface area contributed by atoms with Crippen molar-refractivity contribution in [1.82, 2.24) is 0 Å². The summed E-state index contributed by atoms with van der Waals surface area (Å²) in [5.41, 5.74) is 17.1. The Bertz CT molecular complexity index is 3990. The molecule has 1 heteroatoms. The molecule has 0 saturated carbocycles. The Hall–Kier alpha value is -7.80. The van der Waals surface area contributed by atoms with Crippen molar-refractivity contribution in [3.05, 3.63) is 253 Å². The Morgan fingerprint density at radius 3 is 1.17 bits per heavy atom. The number of hydrogen-bond acceptors (Lipinski definition) is 0. The summed E-state index contributed by atoms with van der Waals surface area (Å²) in [6.07, 6.45) is 0. The molecular formula is C65H40Se. The van der Waals surface area contributed by atoms with E-state index in [-0.39, 0.29) is 20.4 Å². The van der Waals surface area contributed by atoms with Gasteiger partial charge in [0.15, 0.2) is 0 Å². The Morgan fingerprint density at radius 2 is 0.652 bits per heavy atom. The molecular weight excluding hydrogens is 860 g/mol. The molecule has 1 unspecified atom stereocenters. The van der Waals surface area contributed by atoms with Crippen LogP contribution in [-0.4, -0.2) is 14.5 Å². The van der Waals surface area contributed by atoms with E-state index in [1.54, 1.807) is 0 Å². The second-order valence-corrected chi connectivity index (χ2v) is 20.0. The van der Waals surface area contributed by atoms with Crippen LogP contribution in [0.1, 0.15) is 22.6 Å². The minimum absolute atomic E-state index is 0.148. The molecule has 1 aliphatic carbocycles. The van der Waals surface area contributed by atoms with Crippen molar-refractivity contribution in [2.75, 3.05) is 0 Å². The zero-order valence-corrected chi connectivity index (χ0v) is 37.7. The van der Waals surface area contributed by atoms with E-state index in [2.05, 4.69) is 237 Å². The predicted octanol–water partition coefficient (Wildman–Crippen LogP) is 17.5. The SMILES string of the molecule is c1ccc(-c2c3ccccc3c(-c3cccc4[se]c5cccc(-c6c7ccccc7c(-c7ccc8c(c7)C(c7ccccc7)c7ccccc7-8)c7ccccc67)c5c34)c3ccccc23)cc1. The molecule has 1 aromatic heterocycles. The minimum atomic E-state index is 0.148. The van der Waals surface area contributed by atoms with E-state index in [0.717, 1.165) is 0 Å². The zero-order valence-electron chi connectivity index (χ0n) is 36.0. The monoisotopic (exact) mass is 900 g/mol. The van der Waals surface area contributed by atoms with Crippen LogP contribution in [0.4, 0.5) is 0 Å². The maximum atomic E-state index is 2.50. The summed E-state index contributed by atoms with van der Waals surface area (Å²) >= 11 is 0.148. The first-order valence-corrected chi connectivity index (χ1v) is 24.7. The average Bonchev–Trinajstić information content (AvgIpc) is 3.94. The summed E-state index contributed by atoms with van der Waals surface area (Å²) in [5, 5.41) is 13.0. The summed E-state index contributed by atoms with van der Waals surface area (Å²) in [5.74, 6) is 0.181. The van der Waals surface area contributed by atoms with Crippen molar-refractivity contribution in [3.8, 4) is 55.6 Å². The second kappa shape index (κ2) is 14.9. The van der Waals surface area contributed by atoms with Crippen molar-refractivity contribution in [2.45, 2.75) is 5.92 Å². The van der Waals surface area contributed by atoms with Crippen LogP contribution in [0, 0.1) is 0 Å². The van der Waals surface area contributed by atoms with Gasteiger partial charge in [0, 0.05) is 0 Å². The van der Waals surface area contributed by atoms with Gasteiger partial charge in [-0.1, -0.05) is 54.6 Å². The Balaban J connectivity index is 1.05. The fourth-order valence-corrected chi connectivity index (χ4v) is 14.1. The van der Waals surface area contributed by atoms with Crippen molar-refractivity contribution in [1.29, 1.82) is 0 Å². The van der Waals surface area contributed by atoms with E-state index in [9.17, 15) is 0 Å². The summed E-state index contributed by atoms with van der Waals surface area (Å²) in [6, 6.07) is 88.9. The van der Waals surface area contributed by atoms with Crippen LogP contribution in [-0.2, 0) is 0 Å². The molecule has 66 heavy (non-hydrogen) atoms. The van der Waals surface area contributed by atoms with Crippen molar-refractivity contribution in [2.24, 2.45) is 0 Å². The van der Waals surface area contributed by atoms with E-state index >= 15 is 0 Å². The third kappa shape index (κ3) is 5.52. The van der Waals surface area contributed by atoms with Gasteiger partial charge in [-0.3, -0.25) is 0 Å². The first kappa shape index (κ1) is 37.6. The normalized spacial score (nSPS) is 13.3. The fraction of sp³-hybridized carbons (Fsp3) is 0.0154. The molecule has 0 aliphatic heterocycles. The number of hydrogen-bond donors (Lipinski definition) is 0. The van der Waals surface area contributed by atoms with E-state index in [4.69, 9.17) is 0 Å². The first-order chi connectivity index (χ1) is 32.8. The van der Waals surface area contributed by atoms with Gasteiger partial charge in [0.1, 0.15) is 0 Å². The maximum absolute atomic E-state index is 2.50. The molecule has 0 N–H and O–H groups in total. The molecule has 0 saturated heterocycles. The van der Waals surface area contributed by atoms with Gasteiger partial charge in [0.2, 0.25) is 0 Å². The van der Waals surface area contributed by atoms with Crippen molar-refractivity contribution in [3.63, 3.8) is 0 Å². The van der Waals surface area contributed by atoms with Gasteiger partial charge >= 0.3 is 337 Å². The van der Waals surface area contributed by atoms with Gasteiger partial charge in [0.05, 0.1) is 0 Å². The quantitative estimate of drug-likeness (QED) is 0.119. The first-order valence-electron chi connectivity index (χ1n) is 23.0. The molecule has 13 aromatic rings. The molecule has 14 rings (SSSR count). The summed E-state index contributed by atoms with van der Waals surface area (Å²) in [4.78, 5) is 0. The van der Waals surface area contributed by atoms with Gasteiger partial charge in [-0.2, -0.15) is 0 Å². The molecule has 12 aromatic carbocycles. The van der Waals surface area contributed by atoms with Gasteiger partial charge in [-0.15, -0.1) is 0 Å². The molecule has 1 atom stereocenters. The van der Waals surface area contributed by atoms with Gasteiger partial charge < -0.3 is 0 Å². The standard InChI is InChI=1S/C65H40Se/c1-3-19-40(20-4-1)59-46-25-9-13-29-50(46)62(51-30-14-10-26-47(51)59)54-33-17-35-57-64(54)65-55(34-18-36-58(65)66-57)63-52-31-15-11-27-48(52)61(49-28-12-16-32-53(49)63)42-37-38-44-43-23-7-8-24-45(43)60(56(44)39-42)41-21-5-2-6-22-41/h1-39,60H. The van der Waals surface area contributed by atoms with E-state index in [0.29, 0.717) is 0 Å². The zero-order chi connectivity index (χ0) is 43.3. The number of fused-ring (bicyclic) bond motifs is 10. The molecule has 0 spiro atoms. The van der Waals surface area contributed by atoms with E-state index in [1.165, 1.54) is 135 Å². The molecule has 0 radical (unpaired) electrons. The van der Waals surface area contributed by atoms with Gasteiger partial charge in [-0.05, 0) is 0 Å². The van der Waals surface area contributed by atoms with Crippen LogP contribution in [0.15, 0.2) is 237 Å². The number of benzene rings is 12. The van der Waals surface area contributed by atoms with Crippen molar-refractivity contribution >= 4 is 76.9 Å². The van der Waals surface area contributed by atoms with Crippen LogP contribution in [0.5, 0.6) is 0 Å². The Labute approximate surface area is 389 Å². The summed E-state index contributed by atoms with van der Waals surface area (Å²) in [6.45, 7) is 0. The molecule has 1 heterocycles. The second-order valence-electron chi connectivity index (χ2n) is 17.7. The van der Waals surface area contributed by atoms with Crippen LogP contribution in [0.25, 0.3) is 118 Å². The topological polar surface area (TPSA) is 0 Å². The Morgan fingerprint density at radius 1 is 0.258 bits per heavy atom. The van der Waals surface area contributed by atoms with Crippen molar-refractivity contribution < 1.29 is 0 Å². The third-order valence-corrected chi connectivity index (χ3v) is 16.7. The van der Waals surface area contributed by atoms with E-state index < -0.39 is 0 Å². The molecule has 0 bridgehead atoms. The Kier molecular flexibility index (Phi) is 8.47. The fourth-order valence-electron chi connectivity index (χ4n) is 11.7. The van der Waals surface area contributed by atoms with Crippen LogP contribution in [0.3, 0.4) is 0 Å². The molecule has 306 valence electrons. The summed E-state index contributed by atoms with van der Waals surface area (Å²) < 4.78 is 2.89. The van der Waals surface area contributed by atoms with Gasteiger partial charge in [0.25, 0.3) is 0 Å². The summed E-state index contributed by atoms with van der Waals surface area (Å²) in [7, 11) is 0. The molecule has 0 amide bonds. The number of rotatable bonds is 5. The average molecular weight is 900 g/mol. The molecule has 0 fully saturated rings. The van der Waals surface area contributed by atoms with E-state index in [1.807, 2.05) is 0 Å². The molecule has 1 aliphatic rings. The molecule has 0 nitrogen and oxygen atoms in total.